The van der Waals surface area contributed by atoms with Gasteiger partial charge >= 0.3 is 0 Å². The lowest BCUT2D eigenvalue weighted by atomic mass is 10.2. The number of primary sulfonamides is 1. The molecule has 1 aromatic rings. The minimum Gasteiger partial charge on any atom is -0.399 e. The maximum Gasteiger partial charge on any atom is 0.240 e. The molecule has 0 fully saturated rings. The predicted octanol–water partition coefficient (Wildman–Crippen LogP) is -1.16. The summed E-state index contributed by atoms with van der Waals surface area (Å²) in [5.41, 5.74) is 11.1. The summed E-state index contributed by atoms with van der Waals surface area (Å²) in [5, 5.41) is 5.07. The summed E-state index contributed by atoms with van der Waals surface area (Å²) in [6.07, 6.45) is 0. The maximum absolute atomic E-state index is 11.4. The van der Waals surface area contributed by atoms with Gasteiger partial charge in [-0.3, -0.25) is 4.79 Å². The Kier molecular flexibility index (Phi) is 3.59. The fourth-order valence-corrected chi connectivity index (χ4v) is 2.21. The number of rotatable bonds is 4. The molecule has 0 bridgehead atoms. The SMILES string of the molecule is CN(CC(N)=O)c1ccc(N)cc1S(N)(=O)=O. The van der Waals surface area contributed by atoms with E-state index >= 15 is 0 Å². The van der Waals surface area contributed by atoms with Crippen LogP contribution in [0.25, 0.3) is 0 Å². The van der Waals surface area contributed by atoms with Crippen molar-refractivity contribution in [2.75, 3.05) is 24.2 Å². The van der Waals surface area contributed by atoms with Crippen LogP contribution < -0.4 is 21.5 Å². The van der Waals surface area contributed by atoms with E-state index in [2.05, 4.69) is 0 Å². The fourth-order valence-electron chi connectivity index (χ4n) is 1.39. The zero-order chi connectivity index (χ0) is 13.2. The van der Waals surface area contributed by atoms with E-state index in [0.29, 0.717) is 0 Å². The number of carbonyl (C=O) groups excluding carboxylic acids is 1. The minimum absolute atomic E-state index is 0.119. The Morgan fingerprint density at radius 3 is 2.47 bits per heavy atom. The summed E-state index contributed by atoms with van der Waals surface area (Å²) in [6.45, 7) is -0.119. The molecule has 0 saturated heterocycles. The molecule has 6 N–H and O–H groups in total. The lowest BCUT2D eigenvalue weighted by Gasteiger charge is -2.20. The summed E-state index contributed by atoms with van der Waals surface area (Å²) < 4.78 is 22.8. The van der Waals surface area contributed by atoms with Gasteiger partial charge in [-0.1, -0.05) is 0 Å². The summed E-state index contributed by atoms with van der Waals surface area (Å²) >= 11 is 0. The first kappa shape index (κ1) is 13.3. The van der Waals surface area contributed by atoms with E-state index in [0.717, 1.165) is 0 Å². The third-order valence-corrected chi connectivity index (χ3v) is 3.03. The topological polar surface area (TPSA) is 133 Å². The Bertz CT molecular complexity index is 541. The van der Waals surface area contributed by atoms with Gasteiger partial charge < -0.3 is 16.4 Å². The molecule has 0 heterocycles. The van der Waals surface area contributed by atoms with Crippen molar-refractivity contribution in [1.29, 1.82) is 0 Å². The Hall–Kier alpha value is -1.80. The van der Waals surface area contributed by atoms with Crippen molar-refractivity contribution in [2.45, 2.75) is 4.90 Å². The standard InChI is InChI=1S/C9H14N4O3S/c1-13(5-9(11)14)7-3-2-6(10)4-8(7)17(12,15)16/h2-4H,5,10H2,1H3,(H2,11,14)(H2,12,15,16). The van der Waals surface area contributed by atoms with Gasteiger partial charge in [-0.2, -0.15) is 0 Å². The van der Waals surface area contributed by atoms with Crippen LogP contribution in [0.1, 0.15) is 0 Å². The molecule has 0 aliphatic carbocycles. The second-order valence-corrected chi connectivity index (χ2v) is 5.12. The molecule has 8 heteroatoms. The van der Waals surface area contributed by atoms with Gasteiger partial charge in [-0.25, -0.2) is 13.6 Å². The zero-order valence-corrected chi connectivity index (χ0v) is 10.1. The van der Waals surface area contributed by atoms with Crippen LogP contribution in [0.2, 0.25) is 0 Å². The number of nitrogens with two attached hydrogens (primary N) is 3. The molecule has 0 spiro atoms. The van der Waals surface area contributed by atoms with Crippen molar-refractivity contribution in [3.63, 3.8) is 0 Å². The van der Waals surface area contributed by atoms with E-state index in [-0.39, 0.29) is 22.8 Å². The second-order valence-electron chi connectivity index (χ2n) is 3.59. The first-order chi connectivity index (χ1) is 7.71. The molecule has 7 nitrogen and oxygen atoms in total. The van der Waals surface area contributed by atoms with Gasteiger partial charge in [-0.15, -0.1) is 0 Å². The van der Waals surface area contributed by atoms with Crippen LogP contribution in [0.4, 0.5) is 11.4 Å². The summed E-state index contributed by atoms with van der Waals surface area (Å²) in [6, 6.07) is 4.22. The van der Waals surface area contributed by atoms with E-state index in [1.165, 1.54) is 30.1 Å². The molecule has 0 aromatic heterocycles. The Morgan fingerprint density at radius 2 is 2.00 bits per heavy atom. The number of primary amides is 1. The molecule has 0 aliphatic rings. The van der Waals surface area contributed by atoms with Crippen LogP contribution in [0.15, 0.2) is 23.1 Å². The lowest BCUT2D eigenvalue weighted by molar-refractivity contribution is -0.116. The van der Waals surface area contributed by atoms with Gasteiger partial charge in [0.2, 0.25) is 15.9 Å². The van der Waals surface area contributed by atoms with E-state index < -0.39 is 15.9 Å². The highest BCUT2D eigenvalue weighted by Crippen LogP contribution is 2.25. The number of benzene rings is 1. The first-order valence-corrected chi connectivity index (χ1v) is 6.18. The average Bonchev–Trinajstić information content (AvgIpc) is 2.14. The molecule has 1 rings (SSSR count). The molecule has 17 heavy (non-hydrogen) atoms. The van der Waals surface area contributed by atoms with Gasteiger partial charge in [0, 0.05) is 12.7 Å². The Balaban J connectivity index is 3.29. The zero-order valence-electron chi connectivity index (χ0n) is 9.25. The number of anilines is 2. The number of sulfonamides is 1. The maximum atomic E-state index is 11.4. The van der Waals surface area contributed by atoms with Crippen LogP contribution in [0.5, 0.6) is 0 Å². The highest BCUT2D eigenvalue weighted by Gasteiger charge is 2.17. The van der Waals surface area contributed by atoms with Crippen molar-refractivity contribution in [3.8, 4) is 0 Å². The van der Waals surface area contributed by atoms with Gasteiger partial charge in [0.15, 0.2) is 0 Å². The molecule has 0 radical (unpaired) electrons. The third kappa shape index (κ3) is 3.33. The largest absolute Gasteiger partial charge is 0.399 e. The molecule has 1 aromatic carbocycles. The van der Waals surface area contributed by atoms with Crippen LogP contribution >= 0.6 is 0 Å². The van der Waals surface area contributed by atoms with Crippen molar-refractivity contribution in [1.82, 2.24) is 0 Å². The molecular weight excluding hydrogens is 244 g/mol. The minimum atomic E-state index is -3.91. The number of nitrogen functional groups attached to an aromatic ring is 1. The summed E-state index contributed by atoms with van der Waals surface area (Å²) in [5.74, 6) is -0.579. The van der Waals surface area contributed by atoms with Crippen molar-refractivity contribution in [3.05, 3.63) is 18.2 Å². The van der Waals surface area contributed by atoms with E-state index in [1.54, 1.807) is 0 Å². The third-order valence-electron chi connectivity index (χ3n) is 2.09. The van der Waals surface area contributed by atoms with E-state index in [4.69, 9.17) is 16.6 Å². The van der Waals surface area contributed by atoms with Crippen molar-refractivity contribution >= 4 is 27.3 Å². The van der Waals surface area contributed by atoms with Crippen LogP contribution in [-0.2, 0) is 14.8 Å². The molecule has 1 amide bonds. The van der Waals surface area contributed by atoms with Crippen LogP contribution in [-0.4, -0.2) is 27.9 Å². The average molecular weight is 258 g/mol. The molecule has 0 aliphatic heterocycles. The highest BCUT2D eigenvalue weighted by atomic mass is 32.2. The van der Waals surface area contributed by atoms with Gasteiger partial charge in [0.1, 0.15) is 4.90 Å². The Morgan fingerprint density at radius 1 is 1.41 bits per heavy atom. The first-order valence-electron chi connectivity index (χ1n) is 4.63. The fraction of sp³-hybridized carbons (Fsp3) is 0.222. The quantitative estimate of drug-likeness (QED) is 0.586. The van der Waals surface area contributed by atoms with Gasteiger partial charge in [0.05, 0.1) is 12.2 Å². The van der Waals surface area contributed by atoms with Gasteiger partial charge in [-0.05, 0) is 18.2 Å². The number of amides is 1. The monoisotopic (exact) mass is 258 g/mol. The smallest absolute Gasteiger partial charge is 0.240 e. The number of hydrogen-bond donors (Lipinski definition) is 3. The summed E-state index contributed by atoms with van der Waals surface area (Å²) in [7, 11) is -2.38. The second kappa shape index (κ2) is 4.60. The number of likely N-dealkylation sites (N-methyl/N-ethyl adjacent to an activating group) is 1. The number of hydrogen-bond acceptors (Lipinski definition) is 5. The molecule has 0 unspecified atom stereocenters. The number of nitrogens with zero attached hydrogens (tertiary/aromatic N) is 1. The van der Waals surface area contributed by atoms with Crippen molar-refractivity contribution in [2.24, 2.45) is 10.9 Å². The molecule has 94 valence electrons. The van der Waals surface area contributed by atoms with Crippen molar-refractivity contribution < 1.29 is 13.2 Å². The highest BCUT2D eigenvalue weighted by molar-refractivity contribution is 7.89. The Labute approximate surface area is 99.2 Å². The number of carbonyl (C=O) groups is 1. The normalized spacial score (nSPS) is 11.2. The van der Waals surface area contributed by atoms with Crippen LogP contribution in [0.3, 0.4) is 0 Å². The van der Waals surface area contributed by atoms with Gasteiger partial charge in [0.25, 0.3) is 0 Å². The molecule has 0 atom stereocenters. The van der Waals surface area contributed by atoms with Crippen LogP contribution in [0, 0.1) is 0 Å². The molecular formula is C9H14N4O3S. The predicted molar refractivity (Wildman–Crippen MR) is 64.7 cm³/mol. The molecule has 0 saturated carbocycles. The lowest BCUT2D eigenvalue weighted by Crippen LogP contribution is -2.32. The van der Waals surface area contributed by atoms with E-state index in [9.17, 15) is 13.2 Å². The van der Waals surface area contributed by atoms with E-state index in [1.807, 2.05) is 0 Å². The summed E-state index contributed by atoms with van der Waals surface area (Å²) in [4.78, 5) is 12.0.